The number of aromatic nitrogens is 2. The Labute approximate surface area is 143 Å². The summed E-state index contributed by atoms with van der Waals surface area (Å²) in [6.45, 7) is 0. The molecule has 0 atom stereocenters. The molecule has 0 radical (unpaired) electrons. The fourth-order valence-electron chi connectivity index (χ4n) is 2.28. The Balaban J connectivity index is 1.83. The van der Waals surface area contributed by atoms with Crippen LogP contribution in [0.5, 0.6) is 0 Å². The Morgan fingerprint density at radius 1 is 0.960 bits per heavy atom. The van der Waals surface area contributed by atoms with E-state index >= 15 is 0 Å². The van der Waals surface area contributed by atoms with Crippen molar-refractivity contribution in [3.8, 4) is 0 Å². The van der Waals surface area contributed by atoms with Gasteiger partial charge in [0.05, 0.1) is 5.56 Å². The molecule has 3 aromatic rings. The van der Waals surface area contributed by atoms with Gasteiger partial charge in [-0.3, -0.25) is 0 Å². The zero-order chi connectivity index (χ0) is 17.9. The molecule has 1 N–H and O–H groups in total. The summed E-state index contributed by atoms with van der Waals surface area (Å²) in [5.41, 5.74) is 0.482. The van der Waals surface area contributed by atoms with Crippen molar-refractivity contribution in [3.63, 3.8) is 0 Å². The first kappa shape index (κ1) is 16.8. The summed E-state index contributed by atoms with van der Waals surface area (Å²) < 4.78 is 38.4. The fraction of sp³-hybridized carbons (Fsp3) is 0.111. The number of hydrogen-bond donors (Lipinski definition) is 1. The van der Waals surface area contributed by atoms with E-state index in [0.29, 0.717) is 5.82 Å². The molecule has 1 heterocycles. The van der Waals surface area contributed by atoms with E-state index in [4.69, 9.17) is 0 Å². The lowest BCUT2D eigenvalue weighted by Gasteiger charge is -2.18. The molecule has 1 aromatic heterocycles. The van der Waals surface area contributed by atoms with E-state index in [1.165, 1.54) is 12.1 Å². The molecule has 4 nitrogen and oxygen atoms in total. The highest BCUT2D eigenvalue weighted by Gasteiger charge is 2.30. The molecule has 128 valence electrons. The number of para-hydroxylation sites is 1. The molecule has 0 bridgehead atoms. The van der Waals surface area contributed by atoms with Crippen molar-refractivity contribution in [1.29, 1.82) is 0 Å². The molecular formula is C18H15F3N4. The van der Waals surface area contributed by atoms with E-state index in [9.17, 15) is 13.2 Å². The van der Waals surface area contributed by atoms with Crippen molar-refractivity contribution in [3.05, 3.63) is 72.4 Å². The summed E-state index contributed by atoms with van der Waals surface area (Å²) in [5, 5.41) is 2.81. The Kier molecular flexibility index (Phi) is 4.56. The van der Waals surface area contributed by atoms with Gasteiger partial charge in [0.25, 0.3) is 0 Å². The van der Waals surface area contributed by atoms with Crippen molar-refractivity contribution in [2.24, 2.45) is 0 Å². The summed E-state index contributed by atoms with van der Waals surface area (Å²) >= 11 is 0. The first-order valence-corrected chi connectivity index (χ1v) is 7.49. The quantitative estimate of drug-likeness (QED) is 0.722. The normalized spacial score (nSPS) is 11.2. The second-order valence-electron chi connectivity index (χ2n) is 5.34. The zero-order valence-electron chi connectivity index (χ0n) is 13.3. The number of nitrogens with zero attached hydrogens (tertiary/aromatic N) is 3. The predicted molar refractivity (Wildman–Crippen MR) is 91.3 cm³/mol. The summed E-state index contributed by atoms with van der Waals surface area (Å²) in [6.07, 6.45) is -2.84. The Bertz CT molecular complexity index is 850. The van der Waals surface area contributed by atoms with Gasteiger partial charge < -0.3 is 10.2 Å². The molecule has 0 amide bonds. The first-order valence-electron chi connectivity index (χ1n) is 7.49. The largest absolute Gasteiger partial charge is 0.416 e. The SMILES string of the molecule is CN(c1ccccc1)c1ccnc(Nc2cccc(C(F)(F)F)c2)n1. The van der Waals surface area contributed by atoms with Crippen LogP contribution in [0.3, 0.4) is 0 Å². The zero-order valence-corrected chi connectivity index (χ0v) is 13.3. The van der Waals surface area contributed by atoms with Gasteiger partial charge in [-0.25, -0.2) is 4.98 Å². The molecule has 0 saturated carbocycles. The standard InChI is InChI=1S/C18H15F3N4/c1-25(15-8-3-2-4-9-15)16-10-11-22-17(24-16)23-14-7-5-6-13(12-14)18(19,20)21/h2-12H,1H3,(H,22,23,24). The number of benzene rings is 2. The second-order valence-corrected chi connectivity index (χ2v) is 5.34. The van der Waals surface area contributed by atoms with Crippen molar-refractivity contribution >= 4 is 23.1 Å². The highest BCUT2D eigenvalue weighted by molar-refractivity contribution is 5.61. The third kappa shape index (κ3) is 4.06. The third-order valence-electron chi connectivity index (χ3n) is 3.57. The molecule has 2 aromatic carbocycles. The molecule has 3 rings (SSSR count). The van der Waals surface area contributed by atoms with E-state index in [2.05, 4.69) is 15.3 Å². The summed E-state index contributed by atoms with van der Waals surface area (Å²) in [4.78, 5) is 10.3. The molecule has 0 saturated heterocycles. The Hall–Kier alpha value is -3.09. The maximum absolute atomic E-state index is 12.8. The van der Waals surface area contributed by atoms with Crippen molar-refractivity contribution < 1.29 is 13.2 Å². The molecule has 0 fully saturated rings. The van der Waals surface area contributed by atoms with Gasteiger partial charge in [-0.15, -0.1) is 0 Å². The average molecular weight is 344 g/mol. The van der Waals surface area contributed by atoms with Gasteiger partial charge in [0, 0.05) is 24.6 Å². The topological polar surface area (TPSA) is 41.1 Å². The van der Waals surface area contributed by atoms with Gasteiger partial charge in [0.15, 0.2) is 0 Å². The number of halogens is 3. The summed E-state index contributed by atoms with van der Waals surface area (Å²) in [6, 6.07) is 16.2. The minimum Gasteiger partial charge on any atom is -0.329 e. The summed E-state index contributed by atoms with van der Waals surface area (Å²) in [7, 11) is 1.85. The molecule has 0 aliphatic rings. The van der Waals surface area contributed by atoms with Gasteiger partial charge in [-0.1, -0.05) is 24.3 Å². The number of anilines is 4. The van der Waals surface area contributed by atoms with Crippen LogP contribution in [0.4, 0.5) is 36.3 Å². The Morgan fingerprint density at radius 3 is 2.44 bits per heavy atom. The maximum Gasteiger partial charge on any atom is 0.416 e. The van der Waals surface area contributed by atoms with E-state index < -0.39 is 11.7 Å². The van der Waals surface area contributed by atoms with Crippen molar-refractivity contribution in [1.82, 2.24) is 9.97 Å². The van der Waals surface area contributed by atoms with Gasteiger partial charge in [-0.05, 0) is 36.4 Å². The molecule has 25 heavy (non-hydrogen) atoms. The second kappa shape index (κ2) is 6.80. The first-order chi connectivity index (χ1) is 11.9. The van der Waals surface area contributed by atoms with Crippen LogP contribution in [0, 0.1) is 0 Å². The third-order valence-corrected chi connectivity index (χ3v) is 3.57. The molecule has 7 heteroatoms. The van der Waals surface area contributed by atoms with Crippen LogP contribution in [0.1, 0.15) is 5.56 Å². The van der Waals surface area contributed by atoms with Gasteiger partial charge in [0.2, 0.25) is 5.95 Å². The molecule has 0 spiro atoms. The highest BCUT2D eigenvalue weighted by atomic mass is 19.4. The Morgan fingerprint density at radius 2 is 1.72 bits per heavy atom. The average Bonchev–Trinajstić information content (AvgIpc) is 2.61. The fourth-order valence-corrected chi connectivity index (χ4v) is 2.28. The van der Waals surface area contributed by atoms with Crippen LogP contribution in [0.25, 0.3) is 0 Å². The lowest BCUT2D eigenvalue weighted by atomic mass is 10.2. The number of hydrogen-bond acceptors (Lipinski definition) is 4. The van der Waals surface area contributed by atoms with Gasteiger partial charge >= 0.3 is 6.18 Å². The van der Waals surface area contributed by atoms with Crippen LogP contribution in [-0.2, 0) is 6.18 Å². The molecule has 0 unspecified atom stereocenters. The predicted octanol–water partition coefficient (Wildman–Crippen LogP) is 5.01. The van der Waals surface area contributed by atoms with Crippen molar-refractivity contribution in [2.75, 3.05) is 17.3 Å². The van der Waals surface area contributed by atoms with Crippen LogP contribution in [-0.4, -0.2) is 17.0 Å². The lowest BCUT2D eigenvalue weighted by molar-refractivity contribution is -0.137. The smallest absolute Gasteiger partial charge is 0.329 e. The van der Waals surface area contributed by atoms with E-state index in [0.717, 1.165) is 17.8 Å². The van der Waals surface area contributed by atoms with Crippen molar-refractivity contribution in [2.45, 2.75) is 6.18 Å². The van der Waals surface area contributed by atoms with Gasteiger partial charge in [-0.2, -0.15) is 18.2 Å². The summed E-state index contributed by atoms with van der Waals surface area (Å²) in [5.74, 6) is 0.843. The number of alkyl halides is 3. The van der Waals surface area contributed by atoms with Gasteiger partial charge in [0.1, 0.15) is 5.82 Å². The maximum atomic E-state index is 12.8. The molecule has 0 aliphatic heterocycles. The lowest BCUT2D eigenvalue weighted by Crippen LogP contribution is -2.12. The molecule has 0 aliphatic carbocycles. The minimum atomic E-state index is -4.39. The number of nitrogens with one attached hydrogen (secondary N) is 1. The van der Waals surface area contributed by atoms with E-state index in [-0.39, 0.29) is 11.6 Å². The van der Waals surface area contributed by atoms with Crippen LogP contribution >= 0.6 is 0 Å². The highest BCUT2D eigenvalue weighted by Crippen LogP contribution is 2.31. The molecular weight excluding hydrogens is 329 g/mol. The van der Waals surface area contributed by atoms with Crippen LogP contribution in [0.2, 0.25) is 0 Å². The van der Waals surface area contributed by atoms with Crippen LogP contribution < -0.4 is 10.2 Å². The number of rotatable bonds is 4. The van der Waals surface area contributed by atoms with E-state index in [1.54, 1.807) is 12.3 Å². The monoisotopic (exact) mass is 344 g/mol. The van der Waals surface area contributed by atoms with Crippen LogP contribution in [0.15, 0.2) is 66.9 Å². The van der Waals surface area contributed by atoms with E-state index in [1.807, 2.05) is 42.3 Å². The minimum absolute atomic E-state index is 0.222.